The minimum atomic E-state index is -1.14. The van der Waals surface area contributed by atoms with E-state index in [9.17, 15) is 33.4 Å². The number of para-hydroxylation sites is 1. The first-order valence-electron chi connectivity index (χ1n) is 15.2. The number of imide groups is 1. The van der Waals surface area contributed by atoms with Crippen molar-refractivity contribution >= 4 is 23.7 Å². The minimum absolute atomic E-state index is 0.0930. The molecule has 2 unspecified atom stereocenters. The maximum Gasteiger partial charge on any atom is 0.421 e. The zero-order valence-corrected chi connectivity index (χ0v) is 26.7. The third-order valence-electron chi connectivity index (χ3n) is 7.76. The molecule has 47 heavy (non-hydrogen) atoms. The number of amides is 2. The van der Waals surface area contributed by atoms with Crippen molar-refractivity contribution in [3.05, 3.63) is 102 Å². The Bertz CT molecular complexity index is 1690. The molecule has 1 aromatic heterocycles. The van der Waals surface area contributed by atoms with Crippen LogP contribution in [0.4, 0.5) is 19.3 Å². The molecule has 4 aromatic rings. The van der Waals surface area contributed by atoms with E-state index in [1.165, 1.54) is 50.6 Å². The number of halogens is 2. The number of esters is 1. The average Bonchev–Trinajstić information content (AvgIpc) is 3.40. The van der Waals surface area contributed by atoms with Crippen molar-refractivity contribution in [3.8, 4) is 22.3 Å². The number of carbonyl (C=O) groups is 3. The van der Waals surface area contributed by atoms with Gasteiger partial charge < -0.3 is 24.3 Å². The Balaban J connectivity index is 1.98. The second-order valence-corrected chi connectivity index (χ2v) is 11.3. The molecule has 0 aliphatic heterocycles. The number of anilines is 1. The van der Waals surface area contributed by atoms with Crippen molar-refractivity contribution in [2.75, 3.05) is 19.1 Å². The van der Waals surface area contributed by atoms with E-state index in [1.54, 1.807) is 47.0 Å². The number of aliphatic hydroxyl groups excluding tert-OH is 2. The molecular weight excluding hydrogens is 610 g/mol. The van der Waals surface area contributed by atoms with E-state index in [4.69, 9.17) is 4.74 Å². The summed E-state index contributed by atoms with van der Waals surface area (Å²) < 4.78 is 39.8. The number of hydrogen-bond donors (Lipinski definition) is 2. The topological polar surface area (TPSA) is 118 Å². The number of carbonyl (C=O) groups excluding carboxylic acids is 3. The van der Waals surface area contributed by atoms with Crippen LogP contribution in [-0.2, 0) is 20.7 Å². The summed E-state index contributed by atoms with van der Waals surface area (Å²) in [5.74, 6) is -2.31. The van der Waals surface area contributed by atoms with Gasteiger partial charge in [-0.3, -0.25) is 9.59 Å². The normalized spacial score (nSPS) is 12.4. The number of aliphatic hydroxyl groups is 2. The Kier molecular flexibility index (Phi) is 11.6. The zero-order chi connectivity index (χ0) is 34.2. The third-order valence-corrected chi connectivity index (χ3v) is 7.76. The molecular formula is C36H38F2N2O7. The molecule has 0 spiro atoms. The number of methoxy groups -OCH3 is 2. The van der Waals surface area contributed by atoms with Crippen LogP contribution in [0.3, 0.4) is 0 Å². The van der Waals surface area contributed by atoms with Crippen molar-refractivity contribution in [1.29, 1.82) is 0 Å². The average molecular weight is 649 g/mol. The van der Waals surface area contributed by atoms with Gasteiger partial charge in [-0.2, -0.15) is 0 Å². The summed E-state index contributed by atoms with van der Waals surface area (Å²) in [5, 5.41) is 21.2. The number of benzene rings is 3. The molecule has 248 valence electrons. The standard InChI is InChI=1S/C36H38F2N2O7/c1-22(2)39-30(19-18-28(41)20-29(42)21-31(43)46-3)32(23-10-14-25(37)15-11-23)33(24-12-16-26(38)17-13-24)34(39)35(44)40(36(45)47-4)27-8-6-5-7-9-27/h5-17,22,28-29,41-42H,18-21H2,1-4H3. The molecule has 1 heterocycles. The lowest BCUT2D eigenvalue weighted by molar-refractivity contribution is -0.143. The first-order chi connectivity index (χ1) is 22.5. The highest BCUT2D eigenvalue weighted by atomic mass is 19.1. The van der Waals surface area contributed by atoms with Crippen molar-refractivity contribution in [3.63, 3.8) is 0 Å². The highest BCUT2D eigenvalue weighted by molar-refractivity contribution is 6.22. The van der Waals surface area contributed by atoms with Gasteiger partial charge in [0.2, 0.25) is 0 Å². The van der Waals surface area contributed by atoms with E-state index < -0.39 is 41.8 Å². The van der Waals surface area contributed by atoms with Gasteiger partial charge in [-0.15, -0.1) is 0 Å². The summed E-state index contributed by atoms with van der Waals surface area (Å²) in [6.45, 7) is 3.70. The molecule has 0 aliphatic carbocycles. The van der Waals surface area contributed by atoms with E-state index in [-0.39, 0.29) is 43.1 Å². The summed E-state index contributed by atoms with van der Waals surface area (Å²) in [4.78, 5) is 40.5. The van der Waals surface area contributed by atoms with Crippen LogP contribution in [0.25, 0.3) is 22.3 Å². The Morgan fingerprint density at radius 1 is 0.787 bits per heavy atom. The maximum absolute atomic E-state index is 14.7. The van der Waals surface area contributed by atoms with Crippen LogP contribution in [0.15, 0.2) is 78.9 Å². The summed E-state index contributed by atoms with van der Waals surface area (Å²) in [6.07, 6.45) is -3.23. The molecule has 0 saturated carbocycles. The van der Waals surface area contributed by atoms with E-state index in [0.29, 0.717) is 27.9 Å². The van der Waals surface area contributed by atoms with E-state index in [1.807, 2.05) is 13.8 Å². The van der Waals surface area contributed by atoms with Crippen molar-refractivity contribution in [2.24, 2.45) is 0 Å². The van der Waals surface area contributed by atoms with Gasteiger partial charge >= 0.3 is 12.1 Å². The van der Waals surface area contributed by atoms with Gasteiger partial charge in [-0.05, 0) is 80.6 Å². The van der Waals surface area contributed by atoms with Crippen LogP contribution >= 0.6 is 0 Å². The van der Waals surface area contributed by atoms with Crippen LogP contribution in [0.1, 0.15) is 55.3 Å². The van der Waals surface area contributed by atoms with Crippen LogP contribution < -0.4 is 4.90 Å². The SMILES string of the molecule is COC(=O)CC(O)CC(O)CCc1c(-c2ccc(F)cc2)c(-c2ccc(F)cc2)c(C(=O)N(C(=O)OC)c2ccccc2)n1C(C)C. The number of aromatic nitrogens is 1. The first-order valence-corrected chi connectivity index (χ1v) is 15.2. The van der Waals surface area contributed by atoms with Crippen molar-refractivity contribution in [2.45, 2.75) is 57.8 Å². The molecule has 0 bridgehead atoms. The summed E-state index contributed by atoms with van der Waals surface area (Å²) in [6, 6.07) is 19.1. The molecule has 0 fully saturated rings. The smallest absolute Gasteiger partial charge is 0.421 e. The van der Waals surface area contributed by atoms with E-state index >= 15 is 0 Å². The fourth-order valence-corrected chi connectivity index (χ4v) is 5.66. The van der Waals surface area contributed by atoms with Gasteiger partial charge in [0.15, 0.2) is 0 Å². The third kappa shape index (κ3) is 8.11. The highest BCUT2D eigenvalue weighted by Crippen LogP contribution is 2.43. The summed E-state index contributed by atoms with van der Waals surface area (Å²) >= 11 is 0. The van der Waals surface area contributed by atoms with Crippen molar-refractivity contribution in [1.82, 2.24) is 4.57 Å². The van der Waals surface area contributed by atoms with Gasteiger partial charge in [-0.25, -0.2) is 18.5 Å². The summed E-state index contributed by atoms with van der Waals surface area (Å²) in [7, 11) is 2.37. The monoisotopic (exact) mass is 648 g/mol. The second kappa shape index (κ2) is 15.6. The lowest BCUT2D eigenvalue weighted by Gasteiger charge is -2.24. The minimum Gasteiger partial charge on any atom is -0.469 e. The molecule has 2 N–H and O–H groups in total. The van der Waals surface area contributed by atoms with Gasteiger partial charge in [-0.1, -0.05) is 42.5 Å². The molecule has 0 saturated heterocycles. The Morgan fingerprint density at radius 2 is 1.34 bits per heavy atom. The predicted octanol–water partition coefficient (Wildman–Crippen LogP) is 6.70. The van der Waals surface area contributed by atoms with Gasteiger partial charge in [0, 0.05) is 22.9 Å². The first kappa shape index (κ1) is 35.0. The van der Waals surface area contributed by atoms with E-state index in [2.05, 4.69) is 4.74 Å². The van der Waals surface area contributed by atoms with Gasteiger partial charge in [0.05, 0.1) is 38.5 Å². The number of ether oxygens (including phenoxy) is 2. The second-order valence-electron chi connectivity index (χ2n) is 11.3. The molecule has 0 aliphatic rings. The number of rotatable bonds is 12. The molecule has 11 heteroatoms. The fourth-order valence-electron chi connectivity index (χ4n) is 5.66. The number of hydrogen-bond acceptors (Lipinski definition) is 7. The van der Waals surface area contributed by atoms with E-state index in [0.717, 1.165) is 4.90 Å². The predicted molar refractivity (Wildman–Crippen MR) is 173 cm³/mol. The molecule has 4 rings (SSSR count). The van der Waals surface area contributed by atoms with Gasteiger partial charge in [0.25, 0.3) is 5.91 Å². The van der Waals surface area contributed by atoms with Crippen LogP contribution in [0.5, 0.6) is 0 Å². The highest BCUT2D eigenvalue weighted by Gasteiger charge is 2.36. The molecule has 0 radical (unpaired) electrons. The molecule has 3 aromatic carbocycles. The van der Waals surface area contributed by atoms with Gasteiger partial charge in [0.1, 0.15) is 17.3 Å². The van der Waals surface area contributed by atoms with Crippen molar-refractivity contribution < 1.29 is 42.9 Å². The quantitative estimate of drug-likeness (QED) is 0.164. The Morgan fingerprint density at radius 3 is 1.85 bits per heavy atom. The van der Waals surface area contributed by atoms with Crippen LogP contribution in [0, 0.1) is 11.6 Å². The zero-order valence-electron chi connectivity index (χ0n) is 26.7. The van der Waals surface area contributed by atoms with Crippen LogP contribution in [-0.4, -0.2) is 59.2 Å². The van der Waals surface area contributed by atoms with Crippen LogP contribution in [0.2, 0.25) is 0 Å². The molecule has 2 amide bonds. The number of nitrogens with zero attached hydrogens (tertiary/aromatic N) is 2. The molecule has 2 atom stereocenters. The Hall–Kier alpha value is -4.87. The lowest BCUT2D eigenvalue weighted by Crippen LogP contribution is -2.38. The maximum atomic E-state index is 14.7. The lowest BCUT2D eigenvalue weighted by atomic mass is 9.92. The fraction of sp³-hybridized carbons (Fsp3) is 0.306. The Labute approximate surface area is 272 Å². The largest absolute Gasteiger partial charge is 0.469 e. The summed E-state index contributed by atoms with van der Waals surface area (Å²) in [5.41, 5.74) is 2.82. The molecule has 9 nitrogen and oxygen atoms in total.